The average Bonchev–Trinajstić information content (AvgIpc) is 1.53. The molecule has 28 rings (SSSR count). The third-order valence-electron chi connectivity index (χ3n) is 24.5. The first-order valence-corrected chi connectivity index (χ1v) is 46.7. The van der Waals surface area contributed by atoms with Crippen LogP contribution in [-0.2, 0) is 28.4 Å². The normalized spacial score (nSPS) is 15.9. The van der Waals surface area contributed by atoms with Crippen LogP contribution in [0.1, 0.15) is 77.0 Å². The fraction of sp³-hybridized carbons (Fsp3) is 0.211. The van der Waals surface area contributed by atoms with E-state index in [0.717, 1.165) is 210 Å². The number of rotatable bonds is 0. The number of fused-ring (bicyclic) bond motifs is 28. The van der Waals surface area contributed by atoms with Gasteiger partial charge in [0.25, 0.3) is 0 Å². The summed E-state index contributed by atoms with van der Waals surface area (Å²) in [6.07, 6.45) is 22.8. The van der Waals surface area contributed by atoms with Crippen LogP contribution in [0.15, 0.2) is 352 Å². The number of benzene rings is 16. The molecule has 2 N–H and O–H groups in total. The lowest BCUT2D eigenvalue weighted by Gasteiger charge is -2.39. The van der Waals surface area contributed by atoms with E-state index in [9.17, 15) is 0 Å². The Bertz CT molecular complexity index is 5670. The fourth-order valence-electron chi connectivity index (χ4n) is 18.1. The van der Waals surface area contributed by atoms with Gasteiger partial charge in [0.05, 0.1) is 46.0 Å². The van der Waals surface area contributed by atoms with Gasteiger partial charge in [0.15, 0.2) is 24.8 Å². The molecule has 0 radical (unpaired) electrons. The summed E-state index contributed by atoms with van der Waals surface area (Å²) in [4.78, 5) is 5.78. The van der Waals surface area contributed by atoms with Crippen molar-refractivity contribution in [2.45, 2.75) is 77.0 Å². The van der Waals surface area contributed by atoms with Crippen LogP contribution in [0, 0.1) is 0 Å². The van der Waals surface area contributed by atoms with Gasteiger partial charge in [-0.05, 0) is 212 Å². The van der Waals surface area contributed by atoms with Crippen molar-refractivity contribution < 1.29 is 75.6 Å². The molecule has 664 valence electrons. The van der Waals surface area contributed by atoms with Crippen molar-refractivity contribution in [2.24, 2.45) is 0 Å². The minimum Gasteiger partial charge on any atom is -0.611 e. The summed E-state index contributed by atoms with van der Waals surface area (Å²) in [5.41, 5.74) is 7.61. The second-order valence-corrected chi connectivity index (χ2v) is 33.4. The number of aromatic amines is 2. The molecule has 0 unspecified atom stereocenters. The Morgan fingerprint density at radius 2 is 0.280 bits per heavy atom. The monoisotopic (exact) mass is 1750 g/mol. The lowest BCUT2D eigenvalue weighted by molar-refractivity contribution is -0.378. The molecular weight excluding hydrogens is 1640 g/mol. The quantitative estimate of drug-likeness (QED) is 0.132. The number of ether oxygens (including phenoxy) is 6. The van der Waals surface area contributed by atoms with Crippen LogP contribution in [0.4, 0.5) is 0 Å². The summed E-state index contributed by atoms with van der Waals surface area (Å²) in [5, 5.41) is 17.4. The van der Waals surface area contributed by atoms with Gasteiger partial charge in [0.1, 0.15) is 0 Å². The van der Waals surface area contributed by atoms with E-state index in [0.29, 0.717) is 46.0 Å². The molecule has 132 heavy (non-hydrogen) atoms. The zero-order valence-corrected chi connectivity index (χ0v) is 74.3. The van der Waals surface area contributed by atoms with Gasteiger partial charge in [-0.25, -0.2) is 9.97 Å². The molecule has 0 amide bonds. The molecule has 0 bridgehead atoms. The van der Waals surface area contributed by atoms with E-state index in [1.807, 2.05) is 110 Å². The number of nitrogens with one attached hydrogen (secondary N) is 2. The van der Waals surface area contributed by atoms with Gasteiger partial charge in [-0.2, -0.15) is 0 Å². The predicted molar refractivity (Wildman–Crippen MR) is 530 cm³/mol. The van der Waals surface area contributed by atoms with E-state index >= 15 is 0 Å². The van der Waals surface area contributed by atoms with Crippen molar-refractivity contribution in [1.82, 2.24) is 0 Å². The van der Waals surface area contributed by atoms with Crippen LogP contribution in [0.25, 0.3) is 131 Å². The van der Waals surface area contributed by atoms with E-state index < -0.39 is 13.9 Å². The largest absolute Gasteiger partial charge is 0.777 e. The Morgan fingerprint density at radius 1 is 0.144 bits per heavy atom. The summed E-state index contributed by atoms with van der Waals surface area (Å²) in [5.74, 6) is 5.08. The van der Waals surface area contributed by atoms with Gasteiger partial charge in [0.2, 0.25) is 0 Å². The molecule has 2 aromatic heterocycles. The molecule has 0 atom stereocenters. The van der Waals surface area contributed by atoms with Gasteiger partial charge in [-0.3, -0.25) is 0 Å². The zero-order chi connectivity index (χ0) is 88.8. The second kappa shape index (κ2) is 42.8. The van der Waals surface area contributed by atoms with Crippen molar-refractivity contribution >= 4 is 100 Å². The Balaban J connectivity index is 0.000000118. The van der Waals surface area contributed by atoms with Crippen molar-refractivity contribution in [3.8, 4) is 90.5 Å². The van der Waals surface area contributed by atoms with E-state index in [1.165, 1.54) is 77.0 Å². The third kappa shape index (κ3) is 20.2. The highest BCUT2D eigenvalue weighted by atomic mass is 16.9. The molecule has 6 fully saturated rings. The van der Waals surface area contributed by atoms with Crippen LogP contribution in [0.5, 0.6) is 46.0 Å². The van der Waals surface area contributed by atoms with Gasteiger partial charge < -0.3 is 65.7 Å². The van der Waals surface area contributed by atoms with E-state index in [-0.39, 0.29) is 0 Å². The smallest absolute Gasteiger partial charge is 0.611 e. The van der Waals surface area contributed by atoms with Gasteiger partial charge >= 0.3 is 13.9 Å². The Morgan fingerprint density at radius 3 is 0.386 bits per heavy atom. The number of hydrogen-bond acceptors (Lipinski definition) is 14. The van der Waals surface area contributed by atoms with E-state index in [2.05, 4.69) is 253 Å². The second-order valence-electron chi connectivity index (χ2n) is 33.4. The van der Waals surface area contributed by atoms with Gasteiger partial charge in [-0.1, -0.05) is 255 Å². The molecule has 0 aliphatic carbocycles. The molecular formula is C114H108B2N2O14. The maximum Gasteiger partial charge on any atom is 0.777 e. The molecule has 18 aromatic rings. The number of hydrogen-bond donors (Lipinski definition) is 0. The lowest BCUT2D eigenvalue weighted by Crippen LogP contribution is -2.60. The molecule has 0 saturated carbocycles. The van der Waals surface area contributed by atoms with Gasteiger partial charge in [-0.15, -0.1) is 0 Å². The molecule has 10 aliphatic heterocycles. The minimum absolute atomic E-state index is 0.635. The summed E-state index contributed by atoms with van der Waals surface area (Å²) in [6, 6.07) is 111. The number of aromatic nitrogens is 2. The average molecular weight is 1750 g/mol. The minimum atomic E-state index is -2.89. The van der Waals surface area contributed by atoms with E-state index in [1.54, 1.807) is 0 Å². The summed E-state index contributed by atoms with van der Waals surface area (Å²) in [6.45, 7) is 6.22. The molecule has 2 spiro atoms. The first kappa shape index (κ1) is 87.5. The van der Waals surface area contributed by atoms with Crippen molar-refractivity contribution in [3.63, 3.8) is 0 Å². The van der Waals surface area contributed by atoms with Gasteiger partial charge in [0, 0.05) is 148 Å². The molecule has 16 nitrogen and oxygen atoms in total. The van der Waals surface area contributed by atoms with Crippen LogP contribution in [-0.4, -0.2) is 93.2 Å². The van der Waals surface area contributed by atoms with Crippen LogP contribution >= 0.6 is 0 Å². The molecule has 16 aromatic carbocycles. The third-order valence-corrected chi connectivity index (χ3v) is 24.5. The zero-order valence-electron chi connectivity index (χ0n) is 74.3. The molecule has 10 aliphatic rings. The topological polar surface area (TPSA) is 158 Å². The Hall–Kier alpha value is -13.8. The predicted octanol–water partition coefficient (Wildman–Crippen LogP) is 26.4. The first-order chi connectivity index (χ1) is 65.5. The summed E-state index contributed by atoms with van der Waals surface area (Å²) < 4.78 is 85.2. The Kier molecular flexibility index (Phi) is 28.4. The van der Waals surface area contributed by atoms with Crippen molar-refractivity contribution in [1.29, 1.82) is 0 Å². The fourth-order valence-corrected chi connectivity index (χ4v) is 18.1. The number of H-pyrrole nitrogens is 2. The highest BCUT2D eigenvalue weighted by molar-refractivity contribution is 6.59. The highest BCUT2D eigenvalue weighted by Crippen LogP contribution is 2.56. The maximum atomic E-state index is 6.94. The summed E-state index contributed by atoms with van der Waals surface area (Å²) in [7, 11) is 0. The summed E-state index contributed by atoms with van der Waals surface area (Å²) >= 11 is 0. The highest BCUT2D eigenvalue weighted by Gasteiger charge is 2.50. The molecule has 12 heterocycles. The maximum absolute atomic E-state index is 6.94. The molecule has 18 heteroatoms. The number of pyridine rings is 2. The van der Waals surface area contributed by atoms with Crippen LogP contribution in [0.3, 0.4) is 0 Å². The standard InChI is InChI=1S/2C40H24BO4.2C5H5N.6C4H8O/c2*1-5-13-29-25(9-1)17-21-33-37(29)38-30-14-6-2-10-26(30)18-22-34(38)43-41(42-33)44-35-23-19-27-11-3-7-15-31(27)39(35)40-32-16-8-4-12-28(32)20-24-36(40)45-41;2*1-2-4-6-5-3-1;6*1-2-4-5-3-1/h2*1-24H;2*1-5H;6*1-4H2/q2*-1;;;;;;;;/p+2. The Labute approximate surface area is 770 Å². The SMILES string of the molecule is C1CCOC1.C1CCOC1.C1CCOC1.C1CCOC1.C1CCOC1.C1CCOC1.c1cc[nH+]cc1.c1cc[nH+]cc1.c1ccc2c3c(ccc2c1)O[B-]1(Oc2ccc4ccccc4c2-3)Oc2ccc3ccccc3c2-c2c(ccc3ccccc23)O1.c1ccc2c3c(ccc2c1)O[B-]1(Oc2ccc4ccccc4c2-3)Oc2ccc3ccccc3c2-c2c(ccc3ccccc23)O1. The van der Waals surface area contributed by atoms with Crippen LogP contribution < -0.4 is 47.2 Å². The van der Waals surface area contributed by atoms with Crippen LogP contribution in [0.2, 0.25) is 0 Å². The first-order valence-electron chi connectivity index (χ1n) is 46.7. The molecule has 6 saturated heterocycles. The van der Waals surface area contributed by atoms with Crippen molar-refractivity contribution in [2.75, 3.05) is 79.3 Å². The van der Waals surface area contributed by atoms with Crippen molar-refractivity contribution in [3.05, 3.63) is 352 Å². The van der Waals surface area contributed by atoms with E-state index in [4.69, 9.17) is 65.7 Å². The lowest BCUT2D eigenvalue weighted by atomic mass is 9.92.